The lowest BCUT2D eigenvalue weighted by Crippen LogP contribution is -2.22. The van der Waals surface area contributed by atoms with Crippen molar-refractivity contribution in [2.45, 2.75) is 78.6 Å². The summed E-state index contributed by atoms with van der Waals surface area (Å²) in [7, 11) is 0. The first kappa shape index (κ1) is 22.2. The minimum absolute atomic E-state index is 0.134. The Bertz CT molecular complexity index is 638. The Kier molecular flexibility index (Phi) is 7.43. The zero-order valence-corrected chi connectivity index (χ0v) is 17.2. The summed E-state index contributed by atoms with van der Waals surface area (Å²) in [4.78, 5) is 24.0. The van der Waals surface area contributed by atoms with Gasteiger partial charge in [0.1, 0.15) is 0 Å². The van der Waals surface area contributed by atoms with Gasteiger partial charge in [0, 0.05) is 0 Å². The molecule has 0 aliphatic carbocycles. The molecule has 0 aliphatic rings. The minimum atomic E-state index is -0.892. The number of carboxylic acids is 2. The molecule has 0 fully saturated rings. The number of hydrogen-bond acceptors (Lipinski definition) is 2. The van der Waals surface area contributed by atoms with Gasteiger partial charge in [0.2, 0.25) is 0 Å². The number of carboxylic acid groups (broad SMARTS) is 2. The van der Waals surface area contributed by atoms with E-state index in [9.17, 15) is 19.8 Å². The highest BCUT2D eigenvalue weighted by molar-refractivity contribution is 5.81. The topological polar surface area (TPSA) is 74.6 Å². The van der Waals surface area contributed by atoms with Crippen LogP contribution in [0, 0.1) is 11.8 Å². The molecule has 2 N–H and O–H groups in total. The molecule has 0 saturated carbocycles. The fraction of sp³-hybridized carbons (Fsp3) is 0.636. The molecule has 2 atom stereocenters. The van der Waals surface area contributed by atoms with Crippen molar-refractivity contribution in [1.29, 1.82) is 0 Å². The number of hydrogen-bond donors (Lipinski definition) is 2. The average molecular weight is 363 g/mol. The summed E-state index contributed by atoms with van der Waals surface area (Å²) in [5.74, 6) is -2.75. The molecule has 2 unspecified atom stereocenters. The van der Waals surface area contributed by atoms with Gasteiger partial charge in [0.25, 0.3) is 0 Å². The number of benzene rings is 1. The summed E-state index contributed by atoms with van der Waals surface area (Å²) in [6.45, 7) is 14.2. The summed E-state index contributed by atoms with van der Waals surface area (Å²) in [6, 6.07) is 5.71. The number of rotatable bonds is 8. The average Bonchev–Trinajstić information content (AvgIpc) is 2.48. The lowest BCUT2D eigenvalue weighted by molar-refractivity contribution is -0.140. The van der Waals surface area contributed by atoms with Crippen molar-refractivity contribution in [3.63, 3.8) is 0 Å². The van der Waals surface area contributed by atoms with Gasteiger partial charge in [-0.25, -0.2) is 0 Å². The fourth-order valence-electron chi connectivity index (χ4n) is 3.32. The van der Waals surface area contributed by atoms with Crippen LogP contribution in [0.2, 0.25) is 0 Å². The van der Waals surface area contributed by atoms with Gasteiger partial charge in [-0.1, -0.05) is 66.7 Å². The van der Waals surface area contributed by atoms with Crippen molar-refractivity contribution in [3.05, 3.63) is 34.9 Å². The van der Waals surface area contributed by atoms with E-state index in [1.165, 1.54) is 0 Å². The highest BCUT2D eigenvalue weighted by Gasteiger charge is 2.31. The van der Waals surface area contributed by atoms with Crippen molar-refractivity contribution in [3.8, 4) is 0 Å². The first-order chi connectivity index (χ1) is 11.8. The smallest absolute Gasteiger partial charge is 0.310 e. The molecule has 0 saturated heterocycles. The third-order valence-electron chi connectivity index (χ3n) is 4.71. The quantitative estimate of drug-likeness (QED) is 0.648. The molecule has 0 aromatic heterocycles. The van der Waals surface area contributed by atoms with E-state index in [0.717, 1.165) is 5.56 Å². The summed E-state index contributed by atoms with van der Waals surface area (Å²) >= 11 is 0. The van der Waals surface area contributed by atoms with E-state index in [1.54, 1.807) is 0 Å². The van der Waals surface area contributed by atoms with E-state index in [4.69, 9.17) is 0 Å². The van der Waals surface area contributed by atoms with Gasteiger partial charge in [-0.2, -0.15) is 0 Å². The molecule has 0 heterocycles. The van der Waals surface area contributed by atoms with Crippen molar-refractivity contribution >= 4 is 11.9 Å². The van der Waals surface area contributed by atoms with E-state index < -0.39 is 23.8 Å². The van der Waals surface area contributed by atoms with Gasteiger partial charge in [0.15, 0.2) is 0 Å². The van der Waals surface area contributed by atoms with Crippen LogP contribution in [-0.2, 0) is 15.0 Å². The SMILES string of the molecule is CC(C)CC(C(=O)O)c1ccc(C(C)(C)C)cc1C(CC(C)C)C(=O)O. The lowest BCUT2D eigenvalue weighted by atomic mass is 9.77. The largest absolute Gasteiger partial charge is 0.481 e. The Morgan fingerprint density at radius 1 is 0.846 bits per heavy atom. The van der Waals surface area contributed by atoms with Gasteiger partial charge in [0.05, 0.1) is 11.8 Å². The first-order valence-electron chi connectivity index (χ1n) is 9.44. The predicted octanol–water partition coefficient (Wildman–Crippen LogP) is 5.41. The second-order valence-corrected chi connectivity index (χ2v) is 9.13. The molecule has 0 amide bonds. The Labute approximate surface area is 157 Å². The molecule has 0 spiro atoms. The van der Waals surface area contributed by atoms with Crippen LogP contribution in [0.5, 0.6) is 0 Å². The molecule has 1 aromatic rings. The van der Waals surface area contributed by atoms with Gasteiger partial charge in [-0.3, -0.25) is 9.59 Å². The van der Waals surface area contributed by atoms with Crippen LogP contribution >= 0.6 is 0 Å². The number of carbonyl (C=O) groups is 2. The zero-order chi connectivity index (χ0) is 20.2. The van der Waals surface area contributed by atoms with Crippen molar-refractivity contribution in [2.75, 3.05) is 0 Å². The van der Waals surface area contributed by atoms with E-state index in [0.29, 0.717) is 24.0 Å². The van der Waals surface area contributed by atoms with Gasteiger partial charge in [-0.15, -0.1) is 0 Å². The molecule has 1 rings (SSSR count). The first-order valence-corrected chi connectivity index (χ1v) is 9.44. The normalized spacial score (nSPS) is 14.5. The second-order valence-electron chi connectivity index (χ2n) is 9.13. The van der Waals surface area contributed by atoms with Crippen LogP contribution in [0.1, 0.15) is 89.8 Å². The standard InChI is InChI=1S/C22H34O4/c1-13(2)10-18(20(23)24)16-9-8-15(22(5,6)7)12-17(16)19(21(25)26)11-14(3)4/h8-9,12-14,18-19H,10-11H2,1-7H3,(H,23,24)(H,25,26). The van der Waals surface area contributed by atoms with E-state index >= 15 is 0 Å². The lowest BCUT2D eigenvalue weighted by Gasteiger charge is -2.27. The summed E-state index contributed by atoms with van der Waals surface area (Å²) in [5.41, 5.74) is 2.20. The van der Waals surface area contributed by atoms with E-state index in [1.807, 2.05) is 45.9 Å². The minimum Gasteiger partial charge on any atom is -0.481 e. The van der Waals surface area contributed by atoms with E-state index in [-0.39, 0.29) is 17.3 Å². The predicted molar refractivity (Wildman–Crippen MR) is 105 cm³/mol. The fourth-order valence-corrected chi connectivity index (χ4v) is 3.32. The third-order valence-corrected chi connectivity index (χ3v) is 4.71. The summed E-state index contributed by atoms with van der Waals surface area (Å²) < 4.78 is 0. The van der Waals surface area contributed by atoms with Crippen LogP contribution in [0.3, 0.4) is 0 Å². The summed E-state index contributed by atoms with van der Waals surface area (Å²) in [5, 5.41) is 19.6. The maximum atomic E-state index is 12.0. The Hall–Kier alpha value is -1.84. The third kappa shape index (κ3) is 5.86. The summed E-state index contributed by atoms with van der Waals surface area (Å²) in [6.07, 6.45) is 0.981. The molecule has 26 heavy (non-hydrogen) atoms. The van der Waals surface area contributed by atoms with Crippen molar-refractivity contribution in [2.24, 2.45) is 11.8 Å². The van der Waals surface area contributed by atoms with Gasteiger partial charge < -0.3 is 10.2 Å². The molecular formula is C22H34O4. The Balaban J connectivity index is 3.62. The molecule has 4 nitrogen and oxygen atoms in total. The molecular weight excluding hydrogens is 328 g/mol. The molecule has 146 valence electrons. The number of aliphatic carboxylic acids is 2. The van der Waals surface area contributed by atoms with Crippen molar-refractivity contribution < 1.29 is 19.8 Å². The van der Waals surface area contributed by atoms with Crippen LogP contribution in [0.15, 0.2) is 18.2 Å². The Morgan fingerprint density at radius 3 is 1.62 bits per heavy atom. The molecule has 4 heteroatoms. The van der Waals surface area contributed by atoms with Crippen molar-refractivity contribution in [1.82, 2.24) is 0 Å². The van der Waals surface area contributed by atoms with Crippen LogP contribution < -0.4 is 0 Å². The van der Waals surface area contributed by atoms with Crippen LogP contribution in [-0.4, -0.2) is 22.2 Å². The second kappa shape index (κ2) is 8.70. The van der Waals surface area contributed by atoms with Gasteiger partial charge >= 0.3 is 11.9 Å². The van der Waals surface area contributed by atoms with E-state index in [2.05, 4.69) is 20.8 Å². The van der Waals surface area contributed by atoms with Crippen LogP contribution in [0.25, 0.3) is 0 Å². The highest BCUT2D eigenvalue weighted by Crippen LogP contribution is 2.37. The highest BCUT2D eigenvalue weighted by atomic mass is 16.4. The maximum absolute atomic E-state index is 12.0. The maximum Gasteiger partial charge on any atom is 0.310 e. The molecule has 0 aliphatic heterocycles. The molecule has 0 bridgehead atoms. The molecule has 1 aromatic carbocycles. The Morgan fingerprint density at radius 2 is 1.27 bits per heavy atom. The zero-order valence-electron chi connectivity index (χ0n) is 17.2. The monoisotopic (exact) mass is 362 g/mol. The van der Waals surface area contributed by atoms with Crippen LogP contribution in [0.4, 0.5) is 0 Å². The molecule has 0 radical (unpaired) electrons. The van der Waals surface area contributed by atoms with Gasteiger partial charge in [-0.05, 0) is 46.8 Å².